The lowest BCUT2D eigenvalue weighted by Crippen LogP contribution is -2.25. The van der Waals surface area contributed by atoms with Crippen molar-refractivity contribution in [2.24, 2.45) is 0 Å². The summed E-state index contributed by atoms with van der Waals surface area (Å²) in [5.41, 5.74) is 0. The molecule has 0 amide bonds. The molecule has 0 aliphatic carbocycles. The van der Waals surface area contributed by atoms with E-state index in [1.807, 2.05) is 27.7 Å². The first-order chi connectivity index (χ1) is 26.0. The van der Waals surface area contributed by atoms with Gasteiger partial charge in [0.2, 0.25) is 10.5 Å². The molecule has 2 heterocycles. The smallest absolute Gasteiger partial charge is 0.305 e. The Kier molecular flexibility index (Phi) is 43.5. The van der Waals surface area contributed by atoms with Crippen LogP contribution >= 0.6 is 23.2 Å². The summed E-state index contributed by atoms with van der Waals surface area (Å²) in [6.07, 6.45) is -0.0525. The van der Waals surface area contributed by atoms with Crippen molar-refractivity contribution in [3.63, 3.8) is 0 Å². The van der Waals surface area contributed by atoms with E-state index in [4.69, 9.17) is 62.2 Å². The molecule has 2 aliphatic heterocycles. The molecule has 340 valence electrons. The standard InChI is InChI=1S/C9H16O5.C9H16O4.C6H12O4.C6H12O3.2C3H5ClO.CH4/c1-3-8(11)13-5-7(10)6-14-9(12)4-2;1-4-8(10)11-5-7-6-12-9(2,3)13-7;1-2-6(9)10-4-5(8)3-7;1-6(2)8-4-5(3-7)9-6;2*1-2-3(4)5;/h7,10H,3-6H2,1-2H3;7H,4-6H2,1-3H3;5,7-8H,2-4H2,1H3;5,7H,3-4H2,1-2H3;2*2H2,1H3;1H4/t;7-;2*5-;;;/m.010.../s1. The maximum Gasteiger partial charge on any atom is 0.305 e. The summed E-state index contributed by atoms with van der Waals surface area (Å²) in [5, 5.41) is 34.2. The molecule has 0 radical (unpaired) electrons. The number of halogens is 2. The quantitative estimate of drug-likeness (QED) is 0.0979. The Hall–Kier alpha value is -2.52. The largest absolute Gasteiger partial charge is 0.463 e. The molecule has 2 aliphatic rings. The van der Waals surface area contributed by atoms with Crippen molar-refractivity contribution in [2.75, 3.05) is 52.9 Å². The molecule has 18 nitrogen and oxygen atoms in total. The lowest BCUT2D eigenvalue weighted by Gasteiger charge is -2.16. The summed E-state index contributed by atoms with van der Waals surface area (Å²) >= 11 is 9.65. The van der Waals surface area contributed by atoms with Gasteiger partial charge in [0.25, 0.3) is 0 Å². The van der Waals surface area contributed by atoms with Crippen LogP contribution in [0, 0.1) is 0 Å². The summed E-state index contributed by atoms with van der Waals surface area (Å²) in [7, 11) is 0. The summed E-state index contributed by atoms with van der Waals surface area (Å²) < 4.78 is 39.8. The molecule has 20 heteroatoms. The van der Waals surface area contributed by atoms with E-state index in [2.05, 4.69) is 14.2 Å². The van der Waals surface area contributed by atoms with Crippen LogP contribution in [0.2, 0.25) is 0 Å². The van der Waals surface area contributed by atoms with Gasteiger partial charge in [-0.25, -0.2) is 0 Å². The van der Waals surface area contributed by atoms with Gasteiger partial charge in [-0.1, -0.05) is 49.0 Å². The lowest BCUT2D eigenvalue weighted by molar-refractivity contribution is -0.158. The number of carbonyl (C=O) groups excluding carboxylic acids is 6. The van der Waals surface area contributed by atoms with Crippen molar-refractivity contribution >= 4 is 57.6 Å². The Bertz CT molecular complexity index is 1040. The first-order valence-electron chi connectivity index (χ1n) is 18.2. The number of ether oxygens (including phenoxy) is 8. The highest BCUT2D eigenvalue weighted by Crippen LogP contribution is 2.22. The van der Waals surface area contributed by atoms with E-state index in [0.717, 1.165) is 0 Å². The third-order valence-electron chi connectivity index (χ3n) is 6.00. The fourth-order valence-electron chi connectivity index (χ4n) is 2.96. The number of carbonyl (C=O) groups is 6. The highest BCUT2D eigenvalue weighted by atomic mass is 35.5. The van der Waals surface area contributed by atoms with Crippen LogP contribution in [-0.2, 0) is 66.7 Å². The van der Waals surface area contributed by atoms with Crippen LogP contribution in [0.5, 0.6) is 0 Å². The zero-order chi connectivity index (χ0) is 44.3. The number of hydrogen-bond acceptors (Lipinski definition) is 18. The van der Waals surface area contributed by atoms with Crippen LogP contribution in [0.1, 0.15) is 115 Å². The predicted molar refractivity (Wildman–Crippen MR) is 210 cm³/mol. The number of aliphatic hydroxyl groups excluding tert-OH is 4. The third kappa shape index (κ3) is 46.0. The summed E-state index contributed by atoms with van der Waals surface area (Å²) in [6.45, 7) is 18.1. The summed E-state index contributed by atoms with van der Waals surface area (Å²) in [6, 6.07) is 0. The summed E-state index contributed by atoms with van der Waals surface area (Å²) in [5.74, 6) is -2.37. The van der Waals surface area contributed by atoms with Gasteiger partial charge in [0.05, 0.1) is 26.4 Å². The maximum atomic E-state index is 10.8. The Morgan fingerprint density at radius 1 is 0.579 bits per heavy atom. The van der Waals surface area contributed by atoms with Crippen molar-refractivity contribution in [1.82, 2.24) is 0 Å². The fraction of sp³-hybridized carbons (Fsp3) is 0.838. The summed E-state index contributed by atoms with van der Waals surface area (Å²) in [4.78, 5) is 61.7. The third-order valence-corrected chi connectivity index (χ3v) is 6.53. The molecule has 0 aromatic heterocycles. The van der Waals surface area contributed by atoms with Crippen molar-refractivity contribution < 1.29 is 87.1 Å². The Labute approximate surface area is 348 Å². The molecule has 57 heavy (non-hydrogen) atoms. The second kappa shape index (κ2) is 39.0. The van der Waals surface area contributed by atoms with Crippen molar-refractivity contribution in [3.05, 3.63) is 0 Å². The minimum absolute atomic E-state index is 0. The molecule has 0 unspecified atom stereocenters. The number of hydrogen-bond donors (Lipinski definition) is 4. The molecule has 0 aromatic rings. The van der Waals surface area contributed by atoms with E-state index >= 15 is 0 Å². The van der Waals surface area contributed by atoms with Gasteiger partial charge in [0.15, 0.2) is 11.6 Å². The van der Waals surface area contributed by atoms with Gasteiger partial charge in [0, 0.05) is 38.5 Å². The van der Waals surface area contributed by atoms with Gasteiger partial charge in [0.1, 0.15) is 50.8 Å². The Morgan fingerprint density at radius 2 is 0.877 bits per heavy atom. The number of aliphatic hydroxyl groups is 4. The van der Waals surface area contributed by atoms with Crippen molar-refractivity contribution in [3.8, 4) is 0 Å². The lowest BCUT2D eigenvalue weighted by atomic mass is 10.4. The van der Waals surface area contributed by atoms with Crippen molar-refractivity contribution in [1.29, 1.82) is 0 Å². The normalized spacial score (nSPS) is 17.1. The zero-order valence-corrected chi connectivity index (χ0v) is 36.0. The van der Waals surface area contributed by atoms with Gasteiger partial charge in [-0.3, -0.25) is 28.8 Å². The van der Waals surface area contributed by atoms with E-state index in [1.165, 1.54) is 0 Å². The zero-order valence-electron chi connectivity index (χ0n) is 34.5. The van der Waals surface area contributed by atoms with E-state index in [1.54, 1.807) is 41.5 Å². The predicted octanol–water partition coefficient (Wildman–Crippen LogP) is 3.73. The first-order valence-corrected chi connectivity index (χ1v) is 19.0. The molecule has 0 saturated carbocycles. The minimum Gasteiger partial charge on any atom is -0.463 e. The van der Waals surface area contributed by atoms with Gasteiger partial charge >= 0.3 is 23.9 Å². The second-order valence-electron chi connectivity index (χ2n) is 12.1. The van der Waals surface area contributed by atoms with Crippen LogP contribution in [0.15, 0.2) is 0 Å². The topological polar surface area (TPSA) is 257 Å². The molecular formula is C37H70Cl2O18. The van der Waals surface area contributed by atoms with Crippen molar-refractivity contribution in [2.45, 2.75) is 151 Å². The van der Waals surface area contributed by atoms with E-state index in [-0.39, 0.29) is 113 Å². The molecule has 2 fully saturated rings. The fourth-order valence-corrected chi connectivity index (χ4v) is 2.96. The molecule has 0 aromatic carbocycles. The maximum absolute atomic E-state index is 10.8. The highest BCUT2D eigenvalue weighted by Gasteiger charge is 2.33. The monoisotopic (exact) mass is 872 g/mol. The molecule has 3 atom stereocenters. The molecule has 0 bridgehead atoms. The first kappa shape index (κ1) is 63.6. The highest BCUT2D eigenvalue weighted by molar-refractivity contribution is 6.63. The van der Waals surface area contributed by atoms with Crippen LogP contribution in [0.4, 0.5) is 0 Å². The van der Waals surface area contributed by atoms with E-state index < -0.39 is 23.8 Å². The molecule has 2 saturated heterocycles. The van der Waals surface area contributed by atoms with E-state index in [9.17, 15) is 33.9 Å². The SMILES string of the molecule is C.CC1(C)OC[C@H](CO)O1.CCC(=O)Cl.CCC(=O)Cl.CCC(=O)OCC(O)COC(=O)CC.CCC(=O)OC[C@H](O)CO.CCC(=O)OC[C@H]1COC(C)(C)O1. The molecule has 4 N–H and O–H groups in total. The molecule has 2 rings (SSSR count). The Balaban J connectivity index is -0.000000196. The number of rotatable bonds is 16. The average molecular weight is 874 g/mol. The molecular weight excluding hydrogens is 803 g/mol. The van der Waals surface area contributed by atoms with Gasteiger partial charge < -0.3 is 58.3 Å². The van der Waals surface area contributed by atoms with Crippen LogP contribution in [-0.4, -0.2) is 144 Å². The Morgan fingerprint density at radius 3 is 1.11 bits per heavy atom. The van der Waals surface area contributed by atoms with Crippen LogP contribution in [0.3, 0.4) is 0 Å². The van der Waals surface area contributed by atoms with Gasteiger partial charge in [-0.15, -0.1) is 0 Å². The van der Waals surface area contributed by atoms with Gasteiger partial charge in [-0.2, -0.15) is 0 Å². The minimum atomic E-state index is -0.949. The van der Waals surface area contributed by atoms with Crippen LogP contribution in [0.25, 0.3) is 0 Å². The number of esters is 4. The van der Waals surface area contributed by atoms with Gasteiger partial charge in [-0.05, 0) is 50.9 Å². The van der Waals surface area contributed by atoms with Crippen LogP contribution < -0.4 is 0 Å². The molecule has 0 spiro atoms. The second-order valence-corrected chi connectivity index (χ2v) is 13.0. The van der Waals surface area contributed by atoms with E-state index in [0.29, 0.717) is 32.5 Å². The average Bonchev–Trinajstić information content (AvgIpc) is 3.73.